The number of amides is 1. The molecule has 0 aliphatic carbocycles. The third-order valence-corrected chi connectivity index (χ3v) is 4.38. The maximum absolute atomic E-state index is 12.2. The van der Waals surface area contributed by atoms with Gasteiger partial charge in [-0.2, -0.15) is 0 Å². The molecule has 0 heterocycles. The number of hydrogen-bond acceptors (Lipinski definition) is 3. The zero-order valence-corrected chi connectivity index (χ0v) is 15.7. The van der Waals surface area contributed by atoms with Crippen LogP contribution in [-0.2, 0) is 27.2 Å². The predicted molar refractivity (Wildman–Crippen MR) is 102 cm³/mol. The summed E-state index contributed by atoms with van der Waals surface area (Å²) in [7, 11) is 1.33. The van der Waals surface area contributed by atoms with Gasteiger partial charge in [-0.15, -0.1) is 0 Å². The topological polar surface area (TPSA) is 55.4 Å². The standard InChI is InChI=1S/C19H20INO3/c1-24-19(23)17(13-15-7-10-16(20)11-8-15)21-18(22)12-9-14-5-3-2-4-6-14/h2-8,10-11,17H,9,12-13H2,1H3,(H,21,22)/t17-/m0/s1. The Balaban J connectivity index is 1.93. The molecule has 1 N–H and O–H groups in total. The molecule has 0 radical (unpaired) electrons. The van der Waals surface area contributed by atoms with Crippen molar-refractivity contribution in [2.75, 3.05) is 7.11 Å². The highest BCUT2D eigenvalue weighted by molar-refractivity contribution is 14.1. The fourth-order valence-electron chi connectivity index (χ4n) is 2.36. The average molecular weight is 437 g/mol. The highest BCUT2D eigenvalue weighted by atomic mass is 127. The van der Waals surface area contributed by atoms with Crippen LogP contribution >= 0.6 is 22.6 Å². The van der Waals surface area contributed by atoms with E-state index >= 15 is 0 Å². The number of carbonyl (C=O) groups is 2. The van der Waals surface area contributed by atoms with Gasteiger partial charge in [-0.1, -0.05) is 42.5 Å². The van der Waals surface area contributed by atoms with Crippen LogP contribution in [0.4, 0.5) is 0 Å². The van der Waals surface area contributed by atoms with Crippen LogP contribution in [0, 0.1) is 3.57 Å². The number of ether oxygens (including phenoxy) is 1. The van der Waals surface area contributed by atoms with Crippen molar-refractivity contribution in [2.24, 2.45) is 0 Å². The zero-order valence-electron chi connectivity index (χ0n) is 13.5. The van der Waals surface area contributed by atoms with E-state index in [4.69, 9.17) is 4.74 Å². The van der Waals surface area contributed by atoms with E-state index in [1.54, 1.807) is 0 Å². The van der Waals surface area contributed by atoms with E-state index in [-0.39, 0.29) is 5.91 Å². The van der Waals surface area contributed by atoms with Gasteiger partial charge >= 0.3 is 5.97 Å². The van der Waals surface area contributed by atoms with Gasteiger partial charge in [0.2, 0.25) is 5.91 Å². The molecule has 0 unspecified atom stereocenters. The lowest BCUT2D eigenvalue weighted by molar-refractivity contribution is -0.145. The minimum absolute atomic E-state index is 0.153. The second kappa shape index (κ2) is 9.42. The van der Waals surface area contributed by atoms with Crippen molar-refractivity contribution in [1.82, 2.24) is 5.32 Å². The van der Waals surface area contributed by atoms with Gasteiger partial charge in [-0.3, -0.25) is 4.79 Å². The first-order valence-corrected chi connectivity index (χ1v) is 8.82. The van der Waals surface area contributed by atoms with E-state index in [1.165, 1.54) is 7.11 Å². The van der Waals surface area contributed by atoms with Gasteiger partial charge in [-0.05, 0) is 52.3 Å². The van der Waals surface area contributed by atoms with Crippen molar-refractivity contribution >= 4 is 34.5 Å². The fourth-order valence-corrected chi connectivity index (χ4v) is 2.72. The van der Waals surface area contributed by atoms with Crippen LogP contribution in [0.5, 0.6) is 0 Å². The largest absolute Gasteiger partial charge is 0.467 e. The van der Waals surface area contributed by atoms with Crippen LogP contribution in [0.25, 0.3) is 0 Å². The highest BCUT2D eigenvalue weighted by Gasteiger charge is 2.21. The maximum atomic E-state index is 12.2. The third-order valence-electron chi connectivity index (χ3n) is 3.66. The number of esters is 1. The van der Waals surface area contributed by atoms with Crippen LogP contribution in [0.2, 0.25) is 0 Å². The highest BCUT2D eigenvalue weighted by Crippen LogP contribution is 2.10. The van der Waals surface area contributed by atoms with E-state index in [1.807, 2.05) is 54.6 Å². The first-order chi connectivity index (χ1) is 11.6. The SMILES string of the molecule is COC(=O)[C@H](Cc1ccc(I)cc1)NC(=O)CCc1ccccc1. The number of rotatable bonds is 7. The predicted octanol–water partition coefficient (Wildman–Crippen LogP) is 3.12. The first kappa shape index (κ1) is 18.4. The van der Waals surface area contributed by atoms with Gasteiger partial charge in [0.05, 0.1) is 7.11 Å². The lowest BCUT2D eigenvalue weighted by Gasteiger charge is -2.16. The van der Waals surface area contributed by atoms with Gasteiger partial charge in [0.15, 0.2) is 0 Å². The van der Waals surface area contributed by atoms with E-state index < -0.39 is 12.0 Å². The number of carbonyl (C=O) groups excluding carboxylic acids is 2. The Labute approximate surface area is 155 Å². The van der Waals surface area contributed by atoms with Crippen LogP contribution in [0.1, 0.15) is 17.5 Å². The molecule has 0 saturated carbocycles. The minimum atomic E-state index is -0.668. The van der Waals surface area contributed by atoms with Crippen molar-refractivity contribution in [3.63, 3.8) is 0 Å². The van der Waals surface area contributed by atoms with Crippen LogP contribution < -0.4 is 5.32 Å². The van der Waals surface area contributed by atoms with Crippen molar-refractivity contribution in [3.8, 4) is 0 Å². The van der Waals surface area contributed by atoms with E-state index in [2.05, 4.69) is 27.9 Å². The van der Waals surface area contributed by atoms with Gasteiger partial charge in [0.1, 0.15) is 6.04 Å². The Bertz CT molecular complexity index is 671. The number of aryl methyl sites for hydroxylation is 1. The molecule has 0 aliphatic rings. The Kier molecular flexibility index (Phi) is 7.24. The van der Waals surface area contributed by atoms with Gasteiger partial charge in [0.25, 0.3) is 0 Å². The van der Waals surface area contributed by atoms with Gasteiger partial charge < -0.3 is 10.1 Å². The molecule has 1 atom stereocenters. The van der Waals surface area contributed by atoms with Gasteiger partial charge in [-0.25, -0.2) is 4.79 Å². The van der Waals surface area contributed by atoms with Crippen LogP contribution in [0.3, 0.4) is 0 Å². The Morgan fingerprint density at radius 3 is 2.33 bits per heavy atom. The normalized spacial score (nSPS) is 11.6. The molecular formula is C19H20INO3. The van der Waals surface area contributed by atoms with Crippen LogP contribution in [0.15, 0.2) is 54.6 Å². The summed E-state index contributed by atoms with van der Waals surface area (Å²) in [6.45, 7) is 0. The molecule has 2 rings (SSSR count). The van der Waals surface area contributed by atoms with Crippen molar-refractivity contribution in [3.05, 3.63) is 69.3 Å². The zero-order chi connectivity index (χ0) is 17.4. The second-order valence-electron chi connectivity index (χ2n) is 5.46. The molecule has 5 heteroatoms. The number of halogens is 1. The Morgan fingerprint density at radius 2 is 1.71 bits per heavy atom. The quantitative estimate of drug-likeness (QED) is 0.535. The third kappa shape index (κ3) is 5.96. The molecule has 0 fully saturated rings. The molecule has 1 amide bonds. The summed E-state index contributed by atoms with van der Waals surface area (Å²) in [5.41, 5.74) is 2.08. The average Bonchev–Trinajstić information content (AvgIpc) is 2.61. The minimum Gasteiger partial charge on any atom is -0.467 e. The molecule has 0 saturated heterocycles. The molecule has 0 aromatic heterocycles. The summed E-state index contributed by atoms with van der Waals surface area (Å²) in [5, 5.41) is 2.79. The smallest absolute Gasteiger partial charge is 0.328 e. The second-order valence-corrected chi connectivity index (χ2v) is 6.71. The molecule has 0 bridgehead atoms. The molecule has 2 aromatic rings. The molecule has 0 aliphatic heterocycles. The van der Waals surface area contributed by atoms with E-state index in [0.29, 0.717) is 19.3 Å². The van der Waals surface area contributed by atoms with Crippen molar-refractivity contribution in [2.45, 2.75) is 25.3 Å². The summed E-state index contributed by atoms with van der Waals surface area (Å²) >= 11 is 2.23. The number of hydrogen-bond donors (Lipinski definition) is 1. The first-order valence-electron chi connectivity index (χ1n) is 7.74. The summed E-state index contributed by atoms with van der Waals surface area (Å²) in [5.74, 6) is -0.582. The number of methoxy groups -OCH3 is 1. The lowest BCUT2D eigenvalue weighted by atomic mass is 10.1. The summed E-state index contributed by atoms with van der Waals surface area (Å²) < 4.78 is 5.94. The summed E-state index contributed by atoms with van der Waals surface area (Å²) in [6, 6.07) is 17.0. The summed E-state index contributed by atoms with van der Waals surface area (Å²) in [4.78, 5) is 24.1. The molecule has 0 spiro atoms. The lowest BCUT2D eigenvalue weighted by Crippen LogP contribution is -2.43. The van der Waals surface area contributed by atoms with Gasteiger partial charge in [0, 0.05) is 16.4 Å². The monoisotopic (exact) mass is 437 g/mol. The molecule has 4 nitrogen and oxygen atoms in total. The number of benzene rings is 2. The molecule has 24 heavy (non-hydrogen) atoms. The molecular weight excluding hydrogens is 417 g/mol. The van der Waals surface area contributed by atoms with E-state index in [0.717, 1.165) is 14.7 Å². The Morgan fingerprint density at radius 1 is 1.04 bits per heavy atom. The Hall–Kier alpha value is -1.89. The van der Waals surface area contributed by atoms with Crippen molar-refractivity contribution in [1.29, 1.82) is 0 Å². The maximum Gasteiger partial charge on any atom is 0.328 e. The van der Waals surface area contributed by atoms with Crippen LogP contribution in [-0.4, -0.2) is 25.0 Å². The molecule has 126 valence electrons. The van der Waals surface area contributed by atoms with Crippen molar-refractivity contribution < 1.29 is 14.3 Å². The van der Waals surface area contributed by atoms with E-state index in [9.17, 15) is 9.59 Å². The summed E-state index contributed by atoms with van der Waals surface area (Å²) in [6.07, 6.45) is 1.40. The number of nitrogens with one attached hydrogen (secondary N) is 1. The molecule has 2 aromatic carbocycles. The fraction of sp³-hybridized carbons (Fsp3) is 0.263.